The standard InChI is InChI=1S/C7H13BrS/c1-4-7(3)9-5-6(2)8/h7H,2,4-5H2,1,3H3. The molecule has 2 heteroatoms. The van der Waals surface area contributed by atoms with Crippen molar-refractivity contribution in [3.05, 3.63) is 11.1 Å². The van der Waals surface area contributed by atoms with Gasteiger partial charge in [-0.25, -0.2) is 0 Å². The molecule has 0 amide bonds. The summed E-state index contributed by atoms with van der Waals surface area (Å²) < 4.78 is 1.09. The summed E-state index contributed by atoms with van der Waals surface area (Å²) in [7, 11) is 0. The van der Waals surface area contributed by atoms with Crippen LogP contribution >= 0.6 is 27.7 Å². The van der Waals surface area contributed by atoms with Crippen LogP contribution in [0.15, 0.2) is 11.1 Å². The molecule has 0 aromatic rings. The Labute approximate surface area is 70.2 Å². The monoisotopic (exact) mass is 208 g/mol. The van der Waals surface area contributed by atoms with Crippen molar-refractivity contribution in [2.75, 3.05) is 5.75 Å². The Morgan fingerprint density at radius 1 is 1.78 bits per heavy atom. The van der Waals surface area contributed by atoms with Gasteiger partial charge in [-0.1, -0.05) is 36.4 Å². The molecule has 0 nitrogen and oxygen atoms in total. The SMILES string of the molecule is C=C(Br)CSC(C)CC. The first-order chi connectivity index (χ1) is 4.16. The summed E-state index contributed by atoms with van der Waals surface area (Å²) in [6, 6.07) is 0. The van der Waals surface area contributed by atoms with Crippen LogP contribution in [0.25, 0.3) is 0 Å². The van der Waals surface area contributed by atoms with Crippen LogP contribution in [0.2, 0.25) is 0 Å². The van der Waals surface area contributed by atoms with Gasteiger partial charge in [-0.15, -0.1) is 0 Å². The van der Waals surface area contributed by atoms with Gasteiger partial charge < -0.3 is 0 Å². The van der Waals surface area contributed by atoms with Crippen molar-refractivity contribution in [2.45, 2.75) is 25.5 Å². The third-order valence-electron chi connectivity index (χ3n) is 1.10. The summed E-state index contributed by atoms with van der Waals surface area (Å²) >= 11 is 5.25. The van der Waals surface area contributed by atoms with Crippen molar-refractivity contribution in [1.82, 2.24) is 0 Å². The molecule has 0 rings (SSSR count). The topological polar surface area (TPSA) is 0 Å². The van der Waals surface area contributed by atoms with Gasteiger partial charge in [0, 0.05) is 11.0 Å². The zero-order valence-electron chi connectivity index (χ0n) is 5.98. The maximum Gasteiger partial charge on any atom is 0.0247 e. The van der Waals surface area contributed by atoms with E-state index in [1.165, 1.54) is 6.42 Å². The Kier molecular flexibility index (Phi) is 5.70. The Morgan fingerprint density at radius 2 is 2.33 bits per heavy atom. The molecular formula is C7H13BrS. The van der Waals surface area contributed by atoms with Crippen LogP contribution < -0.4 is 0 Å². The summed E-state index contributed by atoms with van der Waals surface area (Å²) in [5, 5.41) is 0.763. The average molecular weight is 209 g/mol. The number of hydrogen-bond donors (Lipinski definition) is 0. The molecule has 54 valence electrons. The molecule has 0 heterocycles. The van der Waals surface area contributed by atoms with E-state index < -0.39 is 0 Å². The maximum atomic E-state index is 3.76. The van der Waals surface area contributed by atoms with Gasteiger partial charge in [-0.3, -0.25) is 0 Å². The van der Waals surface area contributed by atoms with Crippen molar-refractivity contribution in [2.24, 2.45) is 0 Å². The third kappa shape index (κ3) is 6.46. The lowest BCUT2D eigenvalue weighted by atomic mass is 10.4. The van der Waals surface area contributed by atoms with Gasteiger partial charge in [0.05, 0.1) is 0 Å². The fourth-order valence-corrected chi connectivity index (χ4v) is 1.45. The van der Waals surface area contributed by atoms with E-state index in [0.29, 0.717) is 0 Å². The average Bonchev–Trinajstić information content (AvgIpc) is 1.83. The first kappa shape index (κ1) is 9.57. The Hall–Kier alpha value is 0.570. The second-order valence-corrected chi connectivity index (χ2v) is 4.60. The van der Waals surface area contributed by atoms with Crippen LogP contribution in [0, 0.1) is 0 Å². The van der Waals surface area contributed by atoms with Gasteiger partial charge in [-0.2, -0.15) is 11.8 Å². The molecule has 1 atom stereocenters. The van der Waals surface area contributed by atoms with E-state index >= 15 is 0 Å². The van der Waals surface area contributed by atoms with Gasteiger partial charge in [0.15, 0.2) is 0 Å². The number of halogens is 1. The molecule has 0 aliphatic heterocycles. The molecule has 0 spiro atoms. The zero-order chi connectivity index (χ0) is 7.28. The first-order valence-corrected chi connectivity index (χ1v) is 4.95. The minimum atomic E-state index is 0.763. The summed E-state index contributed by atoms with van der Waals surface area (Å²) in [6.07, 6.45) is 1.24. The molecule has 0 bridgehead atoms. The van der Waals surface area contributed by atoms with E-state index in [9.17, 15) is 0 Å². The van der Waals surface area contributed by atoms with E-state index in [2.05, 4.69) is 36.4 Å². The van der Waals surface area contributed by atoms with Crippen molar-refractivity contribution < 1.29 is 0 Å². The van der Waals surface area contributed by atoms with Crippen LogP contribution in [0.3, 0.4) is 0 Å². The third-order valence-corrected chi connectivity index (χ3v) is 3.17. The van der Waals surface area contributed by atoms with Crippen LogP contribution in [0.5, 0.6) is 0 Å². The molecule has 0 aromatic heterocycles. The second-order valence-electron chi connectivity index (χ2n) is 2.05. The molecule has 0 aromatic carbocycles. The Balaban J connectivity index is 3.16. The molecule has 0 saturated heterocycles. The van der Waals surface area contributed by atoms with Crippen LogP contribution in [-0.2, 0) is 0 Å². The van der Waals surface area contributed by atoms with Gasteiger partial charge in [0.2, 0.25) is 0 Å². The fraction of sp³-hybridized carbons (Fsp3) is 0.714. The molecule has 0 aliphatic rings. The molecule has 1 unspecified atom stereocenters. The summed E-state index contributed by atoms with van der Waals surface area (Å²) in [5.74, 6) is 1.04. The molecule has 0 aliphatic carbocycles. The predicted octanol–water partition coefficient (Wildman–Crippen LogP) is 3.43. The highest BCUT2D eigenvalue weighted by molar-refractivity contribution is 9.11. The minimum absolute atomic E-state index is 0.763. The summed E-state index contributed by atoms with van der Waals surface area (Å²) in [6.45, 7) is 8.20. The largest absolute Gasteiger partial charge is 0.154 e. The normalized spacial score (nSPS) is 13.2. The van der Waals surface area contributed by atoms with Crippen molar-refractivity contribution in [1.29, 1.82) is 0 Å². The van der Waals surface area contributed by atoms with E-state index in [-0.39, 0.29) is 0 Å². The Bertz CT molecular complexity index is 90.9. The van der Waals surface area contributed by atoms with Crippen molar-refractivity contribution in [3.8, 4) is 0 Å². The van der Waals surface area contributed by atoms with Gasteiger partial charge in [0.1, 0.15) is 0 Å². The van der Waals surface area contributed by atoms with Gasteiger partial charge in [0.25, 0.3) is 0 Å². The number of hydrogen-bond acceptors (Lipinski definition) is 1. The van der Waals surface area contributed by atoms with E-state index in [4.69, 9.17) is 0 Å². The van der Waals surface area contributed by atoms with E-state index in [1.807, 2.05) is 11.8 Å². The number of thioether (sulfide) groups is 1. The highest BCUT2D eigenvalue weighted by atomic mass is 79.9. The highest BCUT2D eigenvalue weighted by Gasteiger charge is 1.97. The van der Waals surface area contributed by atoms with Gasteiger partial charge >= 0.3 is 0 Å². The lowest BCUT2D eigenvalue weighted by Crippen LogP contribution is -1.93. The maximum absolute atomic E-state index is 3.76. The molecule has 9 heavy (non-hydrogen) atoms. The number of rotatable bonds is 4. The van der Waals surface area contributed by atoms with Crippen LogP contribution in [-0.4, -0.2) is 11.0 Å². The second kappa shape index (κ2) is 5.36. The van der Waals surface area contributed by atoms with Crippen LogP contribution in [0.1, 0.15) is 20.3 Å². The molecule has 0 radical (unpaired) electrons. The predicted molar refractivity (Wildman–Crippen MR) is 50.3 cm³/mol. The van der Waals surface area contributed by atoms with Crippen LogP contribution in [0.4, 0.5) is 0 Å². The first-order valence-electron chi connectivity index (χ1n) is 3.11. The minimum Gasteiger partial charge on any atom is -0.154 e. The quantitative estimate of drug-likeness (QED) is 0.683. The summed E-state index contributed by atoms with van der Waals surface area (Å²) in [4.78, 5) is 0. The highest BCUT2D eigenvalue weighted by Crippen LogP contribution is 2.18. The Morgan fingerprint density at radius 3 is 2.67 bits per heavy atom. The van der Waals surface area contributed by atoms with E-state index in [1.54, 1.807) is 0 Å². The molecule has 0 N–H and O–H groups in total. The fourth-order valence-electron chi connectivity index (χ4n) is 0.351. The van der Waals surface area contributed by atoms with Crippen molar-refractivity contribution >= 4 is 27.7 Å². The van der Waals surface area contributed by atoms with Crippen molar-refractivity contribution in [3.63, 3.8) is 0 Å². The smallest absolute Gasteiger partial charge is 0.0247 e. The molecular weight excluding hydrogens is 196 g/mol. The van der Waals surface area contributed by atoms with E-state index in [0.717, 1.165) is 15.5 Å². The summed E-state index contributed by atoms with van der Waals surface area (Å²) in [5.41, 5.74) is 0. The molecule has 0 fully saturated rings. The molecule has 0 saturated carbocycles. The lowest BCUT2D eigenvalue weighted by molar-refractivity contribution is 0.907. The lowest BCUT2D eigenvalue weighted by Gasteiger charge is -2.05. The van der Waals surface area contributed by atoms with Gasteiger partial charge in [-0.05, 0) is 10.9 Å². The zero-order valence-corrected chi connectivity index (χ0v) is 8.39.